The molecule has 172 valence electrons. The minimum atomic E-state index is -0.0524. The summed E-state index contributed by atoms with van der Waals surface area (Å²) in [6.45, 7) is 21.5. The topological polar surface area (TPSA) is 64.1 Å². The lowest BCUT2D eigenvalue weighted by Crippen LogP contribution is -2.34. The Morgan fingerprint density at radius 3 is 1.45 bits per heavy atom. The molecule has 0 fully saturated rings. The van der Waals surface area contributed by atoms with Gasteiger partial charge in [0, 0.05) is 25.2 Å². The molecule has 0 saturated carbocycles. The first-order valence-electron chi connectivity index (χ1n) is 11.9. The van der Waals surface area contributed by atoms with E-state index in [1.807, 2.05) is 0 Å². The summed E-state index contributed by atoms with van der Waals surface area (Å²) in [4.78, 5) is 0. The van der Waals surface area contributed by atoms with Crippen molar-refractivity contribution in [1.29, 1.82) is 0 Å². The molecule has 3 nitrogen and oxygen atoms in total. The fourth-order valence-electron chi connectivity index (χ4n) is 4.81. The van der Waals surface area contributed by atoms with E-state index in [-0.39, 0.29) is 12.1 Å². The SMILES string of the molecule is Cc1cc(C)c(C(N)CNCC(N)c2c(C(C)C)cc(C(C)C)cc2C(C)C)c(C)c1. The van der Waals surface area contributed by atoms with Crippen LogP contribution in [0.2, 0.25) is 0 Å². The van der Waals surface area contributed by atoms with Gasteiger partial charge in [-0.15, -0.1) is 0 Å². The lowest BCUT2D eigenvalue weighted by Gasteiger charge is -2.27. The average Bonchev–Trinajstić information content (AvgIpc) is 2.65. The molecule has 2 rings (SSSR count). The minimum absolute atomic E-state index is 0.0368. The highest BCUT2D eigenvalue weighted by molar-refractivity contribution is 5.45. The van der Waals surface area contributed by atoms with E-state index in [0.717, 1.165) is 13.1 Å². The second kappa shape index (κ2) is 10.8. The first-order chi connectivity index (χ1) is 14.4. The fraction of sp³-hybridized carbons (Fsp3) is 0.571. The van der Waals surface area contributed by atoms with E-state index in [4.69, 9.17) is 11.5 Å². The maximum Gasteiger partial charge on any atom is 0.0427 e. The zero-order valence-corrected chi connectivity index (χ0v) is 21.3. The number of hydrogen-bond donors (Lipinski definition) is 3. The largest absolute Gasteiger partial charge is 0.323 e. The summed E-state index contributed by atoms with van der Waals surface area (Å²) in [6, 6.07) is 9.10. The molecule has 2 atom stereocenters. The third-order valence-electron chi connectivity index (χ3n) is 6.39. The molecule has 31 heavy (non-hydrogen) atoms. The second-order valence-electron chi connectivity index (χ2n) is 10.3. The lowest BCUT2D eigenvalue weighted by molar-refractivity contribution is 0.543. The van der Waals surface area contributed by atoms with Crippen molar-refractivity contribution in [2.75, 3.05) is 13.1 Å². The number of benzene rings is 2. The Bertz CT molecular complexity index is 828. The Kier molecular flexibility index (Phi) is 8.88. The summed E-state index contributed by atoms with van der Waals surface area (Å²) in [7, 11) is 0. The smallest absolute Gasteiger partial charge is 0.0427 e. The average molecular weight is 424 g/mol. The van der Waals surface area contributed by atoms with Crippen LogP contribution in [-0.4, -0.2) is 13.1 Å². The molecule has 0 aliphatic carbocycles. The van der Waals surface area contributed by atoms with E-state index in [0.29, 0.717) is 17.8 Å². The first-order valence-corrected chi connectivity index (χ1v) is 11.9. The Morgan fingerprint density at radius 1 is 0.645 bits per heavy atom. The molecular formula is C28H45N3. The number of nitrogens with one attached hydrogen (secondary N) is 1. The molecule has 2 unspecified atom stereocenters. The lowest BCUT2D eigenvalue weighted by atomic mass is 9.82. The molecule has 3 heteroatoms. The van der Waals surface area contributed by atoms with Gasteiger partial charge >= 0.3 is 0 Å². The van der Waals surface area contributed by atoms with Gasteiger partial charge in [-0.3, -0.25) is 0 Å². The van der Waals surface area contributed by atoms with Crippen LogP contribution < -0.4 is 16.8 Å². The van der Waals surface area contributed by atoms with Gasteiger partial charge in [-0.05, 0) is 77.5 Å². The van der Waals surface area contributed by atoms with E-state index in [9.17, 15) is 0 Å². The van der Waals surface area contributed by atoms with Crippen LogP contribution in [0.1, 0.15) is 116 Å². The highest BCUT2D eigenvalue weighted by Gasteiger charge is 2.22. The zero-order valence-electron chi connectivity index (χ0n) is 21.3. The third kappa shape index (κ3) is 6.19. The van der Waals surface area contributed by atoms with Gasteiger partial charge in [0.1, 0.15) is 0 Å². The van der Waals surface area contributed by atoms with Crippen LogP contribution in [0.4, 0.5) is 0 Å². The van der Waals surface area contributed by atoms with Crippen LogP contribution in [0.5, 0.6) is 0 Å². The predicted octanol–water partition coefficient (Wildman–Crippen LogP) is 6.27. The molecule has 5 N–H and O–H groups in total. The third-order valence-corrected chi connectivity index (χ3v) is 6.39. The highest BCUT2D eigenvalue weighted by Crippen LogP contribution is 2.35. The molecule has 0 radical (unpaired) electrons. The van der Waals surface area contributed by atoms with E-state index in [1.165, 1.54) is 44.5 Å². The van der Waals surface area contributed by atoms with Crippen LogP contribution in [0.25, 0.3) is 0 Å². The molecule has 0 bridgehead atoms. The molecule has 0 saturated heterocycles. The molecule has 2 aromatic carbocycles. The quantitative estimate of drug-likeness (QED) is 0.445. The van der Waals surface area contributed by atoms with E-state index in [1.54, 1.807) is 0 Å². The van der Waals surface area contributed by atoms with Gasteiger partial charge in [-0.2, -0.15) is 0 Å². The molecule has 2 aromatic rings. The maximum atomic E-state index is 6.80. The van der Waals surface area contributed by atoms with Crippen molar-refractivity contribution in [1.82, 2.24) is 5.32 Å². The number of rotatable bonds is 9. The van der Waals surface area contributed by atoms with Crippen LogP contribution >= 0.6 is 0 Å². The summed E-state index contributed by atoms with van der Waals surface area (Å²) in [5, 5.41) is 3.57. The molecule has 0 spiro atoms. The van der Waals surface area contributed by atoms with Crippen LogP contribution in [0.3, 0.4) is 0 Å². The van der Waals surface area contributed by atoms with Crippen molar-refractivity contribution in [3.8, 4) is 0 Å². The zero-order chi connectivity index (χ0) is 23.5. The van der Waals surface area contributed by atoms with Crippen LogP contribution in [-0.2, 0) is 0 Å². The molecule has 0 aliphatic heterocycles. The van der Waals surface area contributed by atoms with Crippen molar-refractivity contribution < 1.29 is 0 Å². The van der Waals surface area contributed by atoms with Crippen molar-refractivity contribution in [2.45, 2.75) is 92.2 Å². The number of hydrogen-bond acceptors (Lipinski definition) is 3. The summed E-state index contributed by atoms with van der Waals surface area (Å²) < 4.78 is 0. The maximum absolute atomic E-state index is 6.80. The van der Waals surface area contributed by atoms with Crippen LogP contribution in [0, 0.1) is 20.8 Å². The summed E-state index contributed by atoms with van der Waals surface area (Å²) >= 11 is 0. The Balaban J connectivity index is 2.23. The van der Waals surface area contributed by atoms with Crippen molar-refractivity contribution in [3.63, 3.8) is 0 Å². The molecule has 0 aliphatic rings. The van der Waals surface area contributed by atoms with Crippen LogP contribution in [0.15, 0.2) is 24.3 Å². The molecule has 0 amide bonds. The predicted molar refractivity (Wildman–Crippen MR) is 136 cm³/mol. The van der Waals surface area contributed by atoms with Gasteiger partial charge in [-0.25, -0.2) is 0 Å². The Morgan fingerprint density at radius 2 is 1.06 bits per heavy atom. The van der Waals surface area contributed by atoms with E-state index in [2.05, 4.69) is 91.9 Å². The molecule has 0 aromatic heterocycles. The number of nitrogens with two attached hydrogens (primary N) is 2. The van der Waals surface area contributed by atoms with E-state index >= 15 is 0 Å². The Hall–Kier alpha value is -1.68. The summed E-state index contributed by atoms with van der Waals surface area (Å²) in [5.74, 6) is 1.40. The fourth-order valence-corrected chi connectivity index (χ4v) is 4.81. The van der Waals surface area contributed by atoms with Gasteiger partial charge in [0.15, 0.2) is 0 Å². The van der Waals surface area contributed by atoms with Gasteiger partial charge in [0.25, 0.3) is 0 Å². The Labute approximate surface area is 191 Å². The minimum Gasteiger partial charge on any atom is -0.323 e. The molecular weight excluding hydrogens is 378 g/mol. The normalized spacial score (nSPS) is 14.0. The standard InChI is InChI=1S/C28H45N3/c1-16(2)22-12-23(17(3)4)28(24(13-22)18(5)6)26(30)15-31-14-25(29)27-20(8)10-19(7)11-21(27)9/h10-13,16-18,25-26,31H,14-15,29-30H2,1-9H3. The van der Waals surface area contributed by atoms with Crippen molar-refractivity contribution in [3.05, 3.63) is 68.8 Å². The van der Waals surface area contributed by atoms with Gasteiger partial charge in [0.05, 0.1) is 0 Å². The summed E-state index contributed by atoms with van der Waals surface area (Å²) in [5.41, 5.74) is 23.9. The highest BCUT2D eigenvalue weighted by atomic mass is 14.9. The van der Waals surface area contributed by atoms with Gasteiger partial charge < -0.3 is 16.8 Å². The monoisotopic (exact) mass is 423 g/mol. The number of aryl methyl sites for hydroxylation is 3. The van der Waals surface area contributed by atoms with E-state index < -0.39 is 0 Å². The first kappa shape index (κ1) is 25.6. The second-order valence-corrected chi connectivity index (χ2v) is 10.3. The summed E-state index contributed by atoms with van der Waals surface area (Å²) in [6.07, 6.45) is 0. The van der Waals surface area contributed by atoms with Gasteiger partial charge in [0.2, 0.25) is 0 Å². The van der Waals surface area contributed by atoms with Gasteiger partial charge in [-0.1, -0.05) is 71.4 Å². The van der Waals surface area contributed by atoms with Crippen molar-refractivity contribution >= 4 is 0 Å². The van der Waals surface area contributed by atoms with Crippen molar-refractivity contribution in [2.24, 2.45) is 11.5 Å². The molecule has 0 heterocycles.